The van der Waals surface area contributed by atoms with Crippen molar-refractivity contribution in [1.82, 2.24) is 5.32 Å². The van der Waals surface area contributed by atoms with Crippen LogP contribution in [0.25, 0.3) is 0 Å². The summed E-state index contributed by atoms with van der Waals surface area (Å²) in [6, 6.07) is 2.95. The van der Waals surface area contributed by atoms with E-state index in [2.05, 4.69) is 5.32 Å². The number of benzene rings is 1. The van der Waals surface area contributed by atoms with Crippen molar-refractivity contribution in [1.29, 1.82) is 0 Å². The van der Waals surface area contributed by atoms with Gasteiger partial charge in [-0.05, 0) is 39.3 Å². The summed E-state index contributed by atoms with van der Waals surface area (Å²) >= 11 is 0. The van der Waals surface area contributed by atoms with Crippen LogP contribution in [0.5, 0.6) is 17.2 Å². The van der Waals surface area contributed by atoms with Crippen LogP contribution in [-0.4, -0.2) is 34.6 Å². The molecule has 0 saturated heterocycles. The molecule has 0 aliphatic rings. The molecule has 0 unspecified atom stereocenters. The van der Waals surface area contributed by atoms with E-state index < -0.39 is 5.75 Å². The first kappa shape index (κ1) is 15.6. The summed E-state index contributed by atoms with van der Waals surface area (Å²) in [5.74, 6) is -1.05. The Morgan fingerprint density at radius 3 is 2.53 bits per heavy atom. The first-order valence-corrected chi connectivity index (χ1v) is 6.57. The van der Waals surface area contributed by atoms with E-state index in [1.807, 2.05) is 13.8 Å². The van der Waals surface area contributed by atoms with Gasteiger partial charge in [0.05, 0.1) is 6.10 Å². The normalized spacial score (nSPS) is 11.1. The van der Waals surface area contributed by atoms with E-state index in [-0.39, 0.29) is 17.6 Å². The molecule has 19 heavy (non-hydrogen) atoms. The number of phenolic OH excluding ortho intramolecular Hbond substituents is 3. The fourth-order valence-electron chi connectivity index (χ4n) is 1.65. The molecule has 0 fully saturated rings. The van der Waals surface area contributed by atoms with Crippen molar-refractivity contribution >= 4 is 0 Å². The zero-order chi connectivity index (χ0) is 14.3. The number of hydrogen-bond acceptors (Lipinski definition) is 5. The summed E-state index contributed by atoms with van der Waals surface area (Å²) in [5.41, 5.74) is 0.564. The van der Waals surface area contributed by atoms with Crippen LogP contribution in [0.4, 0.5) is 0 Å². The quantitative estimate of drug-likeness (QED) is 0.429. The minimum absolute atomic E-state index is 0.268. The van der Waals surface area contributed by atoms with Crippen LogP contribution in [0.3, 0.4) is 0 Å². The molecular weight excluding hydrogens is 246 g/mol. The molecule has 0 saturated carbocycles. The highest BCUT2D eigenvalue weighted by molar-refractivity contribution is 5.52. The van der Waals surface area contributed by atoms with E-state index in [1.165, 1.54) is 6.07 Å². The fourth-order valence-corrected chi connectivity index (χ4v) is 1.65. The van der Waals surface area contributed by atoms with Gasteiger partial charge in [0.2, 0.25) is 5.75 Å². The number of unbranched alkanes of at least 4 members (excludes halogenated alkanes) is 1. The van der Waals surface area contributed by atoms with Gasteiger partial charge in [-0.25, -0.2) is 0 Å². The van der Waals surface area contributed by atoms with E-state index in [4.69, 9.17) is 4.74 Å². The van der Waals surface area contributed by atoms with Gasteiger partial charge >= 0.3 is 0 Å². The Kier molecular flexibility index (Phi) is 6.45. The van der Waals surface area contributed by atoms with Crippen molar-refractivity contribution in [2.45, 2.75) is 39.3 Å². The highest BCUT2D eigenvalue weighted by atomic mass is 16.5. The van der Waals surface area contributed by atoms with Crippen molar-refractivity contribution in [3.63, 3.8) is 0 Å². The lowest BCUT2D eigenvalue weighted by atomic mass is 10.1. The van der Waals surface area contributed by atoms with Gasteiger partial charge in [0, 0.05) is 18.7 Å². The van der Waals surface area contributed by atoms with Crippen LogP contribution < -0.4 is 5.32 Å². The van der Waals surface area contributed by atoms with E-state index in [1.54, 1.807) is 6.07 Å². The molecule has 0 aliphatic heterocycles. The molecule has 0 bridgehead atoms. The number of aromatic hydroxyl groups is 3. The van der Waals surface area contributed by atoms with Crippen molar-refractivity contribution in [3.05, 3.63) is 17.7 Å². The Morgan fingerprint density at radius 1 is 1.11 bits per heavy atom. The number of phenols is 3. The third-order valence-corrected chi connectivity index (χ3v) is 2.73. The highest BCUT2D eigenvalue weighted by Crippen LogP contribution is 2.36. The van der Waals surface area contributed by atoms with Crippen LogP contribution in [0.15, 0.2) is 12.1 Å². The summed E-state index contributed by atoms with van der Waals surface area (Å²) < 4.78 is 5.43. The van der Waals surface area contributed by atoms with Gasteiger partial charge in [0.25, 0.3) is 0 Å². The number of hydrogen-bond donors (Lipinski definition) is 4. The molecule has 0 aliphatic carbocycles. The molecule has 1 aromatic rings. The minimum Gasteiger partial charge on any atom is -0.504 e. The zero-order valence-corrected chi connectivity index (χ0v) is 11.5. The SMILES string of the molecule is CC(C)OCCCCNCc1ccc(O)c(O)c1O. The minimum atomic E-state index is -0.468. The van der Waals surface area contributed by atoms with Gasteiger partial charge in [-0.1, -0.05) is 6.07 Å². The molecular formula is C14H23NO4. The lowest BCUT2D eigenvalue weighted by Crippen LogP contribution is -2.15. The van der Waals surface area contributed by atoms with Gasteiger partial charge < -0.3 is 25.4 Å². The zero-order valence-electron chi connectivity index (χ0n) is 11.5. The molecule has 0 radical (unpaired) electrons. The Labute approximate surface area is 113 Å². The topological polar surface area (TPSA) is 82.0 Å². The van der Waals surface area contributed by atoms with Gasteiger partial charge in [-0.2, -0.15) is 0 Å². The van der Waals surface area contributed by atoms with Crippen molar-refractivity contribution < 1.29 is 20.1 Å². The van der Waals surface area contributed by atoms with Gasteiger partial charge in [-0.3, -0.25) is 0 Å². The number of nitrogens with one attached hydrogen (secondary N) is 1. The summed E-state index contributed by atoms with van der Waals surface area (Å²) in [6.07, 6.45) is 2.24. The molecule has 108 valence electrons. The molecule has 0 amide bonds. The summed E-state index contributed by atoms with van der Waals surface area (Å²) in [4.78, 5) is 0. The van der Waals surface area contributed by atoms with Crippen LogP contribution in [0.1, 0.15) is 32.3 Å². The highest BCUT2D eigenvalue weighted by Gasteiger charge is 2.10. The molecule has 1 aromatic carbocycles. The number of rotatable bonds is 8. The first-order chi connectivity index (χ1) is 9.02. The maximum atomic E-state index is 9.61. The number of ether oxygens (including phenoxy) is 1. The monoisotopic (exact) mass is 269 g/mol. The second-order valence-corrected chi connectivity index (χ2v) is 4.74. The third kappa shape index (κ3) is 5.36. The molecule has 5 heteroatoms. The molecule has 1 rings (SSSR count). The molecule has 0 heterocycles. The second kappa shape index (κ2) is 7.86. The van der Waals surface area contributed by atoms with E-state index in [0.29, 0.717) is 12.1 Å². The first-order valence-electron chi connectivity index (χ1n) is 6.57. The van der Waals surface area contributed by atoms with Crippen LogP contribution in [-0.2, 0) is 11.3 Å². The molecule has 0 spiro atoms. The van der Waals surface area contributed by atoms with E-state index in [9.17, 15) is 15.3 Å². The van der Waals surface area contributed by atoms with Crippen LogP contribution >= 0.6 is 0 Å². The van der Waals surface area contributed by atoms with Gasteiger partial charge in [0.1, 0.15) is 0 Å². The predicted molar refractivity (Wildman–Crippen MR) is 73.5 cm³/mol. The average molecular weight is 269 g/mol. The standard InChI is InChI=1S/C14H23NO4/c1-10(2)19-8-4-3-7-15-9-11-5-6-12(16)14(18)13(11)17/h5-6,10,15-18H,3-4,7-9H2,1-2H3. The Bertz CT molecular complexity index is 393. The van der Waals surface area contributed by atoms with Gasteiger partial charge in [0.15, 0.2) is 11.5 Å². The summed E-state index contributed by atoms with van der Waals surface area (Å²) in [5, 5.41) is 31.3. The molecule has 0 aromatic heterocycles. The second-order valence-electron chi connectivity index (χ2n) is 4.74. The fraction of sp³-hybridized carbons (Fsp3) is 0.571. The van der Waals surface area contributed by atoms with Crippen molar-refractivity contribution in [2.75, 3.05) is 13.2 Å². The molecule has 0 atom stereocenters. The van der Waals surface area contributed by atoms with Crippen LogP contribution in [0, 0.1) is 0 Å². The Balaban J connectivity index is 2.21. The van der Waals surface area contributed by atoms with Crippen LogP contribution in [0.2, 0.25) is 0 Å². The van der Waals surface area contributed by atoms with Crippen molar-refractivity contribution in [3.8, 4) is 17.2 Å². The van der Waals surface area contributed by atoms with E-state index >= 15 is 0 Å². The maximum Gasteiger partial charge on any atom is 0.200 e. The van der Waals surface area contributed by atoms with E-state index in [0.717, 1.165) is 26.0 Å². The molecule has 4 N–H and O–H groups in total. The average Bonchev–Trinajstić information content (AvgIpc) is 2.37. The third-order valence-electron chi connectivity index (χ3n) is 2.73. The largest absolute Gasteiger partial charge is 0.504 e. The lowest BCUT2D eigenvalue weighted by Gasteiger charge is -2.10. The smallest absolute Gasteiger partial charge is 0.200 e. The summed E-state index contributed by atoms with van der Waals surface area (Å²) in [6.45, 7) is 6.04. The molecule has 5 nitrogen and oxygen atoms in total. The maximum absolute atomic E-state index is 9.61. The van der Waals surface area contributed by atoms with Crippen molar-refractivity contribution in [2.24, 2.45) is 0 Å². The Hall–Kier alpha value is -1.46. The summed E-state index contributed by atoms with van der Waals surface area (Å²) in [7, 11) is 0. The van der Waals surface area contributed by atoms with Gasteiger partial charge in [-0.15, -0.1) is 0 Å². The predicted octanol–water partition coefficient (Wildman–Crippen LogP) is 2.10. The lowest BCUT2D eigenvalue weighted by molar-refractivity contribution is 0.0760. The Morgan fingerprint density at radius 2 is 1.84 bits per heavy atom.